The maximum atomic E-state index is 11.7. The summed E-state index contributed by atoms with van der Waals surface area (Å²) in [6.45, 7) is 3.49. The predicted molar refractivity (Wildman–Crippen MR) is 62.4 cm³/mol. The first-order valence-corrected chi connectivity index (χ1v) is 5.21. The van der Waals surface area contributed by atoms with Crippen molar-refractivity contribution < 1.29 is 9.59 Å². The van der Waals surface area contributed by atoms with Gasteiger partial charge in [0.1, 0.15) is 0 Å². The molecule has 0 bridgehead atoms. The smallest absolute Gasteiger partial charge is 0.261 e. The number of amides is 2. The lowest BCUT2D eigenvalue weighted by molar-refractivity contribution is -0.120. The molecule has 1 aromatic carbocycles. The van der Waals surface area contributed by atoms with E-state index >= 15 is 0 Å². The third kappa shape index (κ3) is 1.63. The van der Waals surface area contributed by atoms with Crippen LogP contribution in [-0.4, -0.2) is 11.8 Å². The minimum absolute atomic E-state index is 0.287. The van der Waals surface area contributed by atoms with Gasteiger partial charge in [-0.05, 0) is 31.5 Å². The zero-order chi connectivity index (χ0) is 11.9. The molecule has 0 radical (unpaired) electrons. The quantitative estimate of drug-likeness (QED) is 0.702. The zero-order valence-corrected chi connectivity index (χ0v) is 9.71. The molecule has 16 heavy (non-hydrogen) atoms. The van der Waals surface area contributed by atoms with Crippen molar-refractivity contribution in [3.05, 3.63) is 40.4 Å². The Morgan fingerprint density at radius 2 is 1.88 bits per heavy atom. The molecule has 0 fully saturated rings. The monoisotopic (exact) mass is 235 g/mol. The van der Waals surface area contributed by atoms with Gasteiger partial charge in [0.25, 0.3) is 11.8 Å². The van der Waals surface area contributed by atoms with Gasteiger partial charge in [0.2, 0.25) is 0 Å². The Kier molecular flexibility index (Phi) is 2.56. The summed E-state index contributed by atoms with van der Waals surface area (Å²) in [4.78, 5) is 24.4. The van der Waals surface area contributed by atoms with Crippen LogP contribution in [0.25, 0.3) is 0 Å². The number of anilines is 1. The second kappa shape index (κ2) is 3.76. The summed E-state index contributed by atoms with van der Waals surface area (Å²) in [5.74, 6) is -0.604. The molecule has 0 N–H and O–H groups in total. The van der Waals surface area contributed by atoms with Gasteiger partial charge < -0.3 is 0 Å². The van der Waals surface area contributed by atoms with Crippen LogP contribution in [0.3, 0.4) is 0 Å². The summed E-state index contributed by atoms with van der Waals surface area (Å²) in [5, 5.41) is 0.544. The van der Waals surface area contributed by atoms with Gasteiger partial charge in [0.15, 0.2) is 0 Å². The average molecular weight is 236 g/mol. The molecular formula is C12H10ClNO2. The Balaban J connectivity index is 2.43. The van der Waals surface area contributed by atoms with Crippen molar-refractivity contribution in [1.29, 1.82) is 0 Å². The number of rotatable bonds is 1. The van der Waals surface area contributed by atoms with Gasteiger partial charge in [-0.15, -0.1) is 0 Å². The molecule has 0 atom stereocenters. The van der Waals surface area contributed by atoms with Crippen LogP contribution < -0.4 is 4.90 Å². The second-order valence-corrected chi connectivity index (χ2v) is 4.15. The number of hydrogen-bond acceptors (Lipinski definition) is 2. The van der Waals surface area contributed by atoms with Gasteiger partial charge in [-0.2, -0.15) is 0 Å². The van der Waals surface area contributed by atoms with Crippen LogP contribution in [0, 0.1) is 6.92 Å². The van der Waals surface area contributed by atoms with E-state index < -0.39 is 0 Å². The third-order valence-electron chi connectivity index (χ3n) is 2.51. The zero-order valence-electron chi connectivity index (χ0n) is 8.95. The van der Waals surface area contributed by atoms with Gasteiger partial charge in [0.05, 0.1) is 5.69 Å². The van der Waals surface area contributed by atoms with E-state index in [1.807, 2.05) is 6.92 Å². The SMILES string of the molecule is CC1=CC(=O)N(c2ccc(C)c(Cl)c2)C1=O. The number of benzene rings is 1. The second-order valence-electron chi connectivity index (χ2n) is 3.74. The van der Waals surface area contributed by atoms with Gasteiger partial charge in [-0.3, -0.25) is 9.59 Å². The number of carbonyl (C=O) groups excluding carboxylic acids is 2. The molecule has 0 saturated heterocycles. The fourth-order valence-electron chi connectivity index (χ4n) is 1.55. The molecule has 0 unspecified atom stereocenters. The van der Waals surface area contributed by atoms with Crippen LogP contribution in [-0.2, 0) is 9.59 Å². The molecule has 1 aliphatic rings. The molecule has 82 valence electrons. The highest BCUT2D eigenvalue weighted by Gasteiger charge is 2.29. The van der Waals surface area contributed by atoms with Crippen molar-refractivity contribution in [3.8, 4) is 0 Å². The van der Waals surface area contributed by atoms with Crippen LogP contribution in [0.15, 0.2) is 29.8 Å². The minimum atomic E-state index is -0.317. The van der Waals surface area contributed by atoms with Crippen molar-refractivity contribution in [2.75, 3.05) is 4.90 Å². The highest BCUT2D eigenvalue weighted by atomic mass is 35.5. The Labute approximate surface area is 98.3 Å². The van der Waals surface area contributed by atoms with Crippen molar-refractivity contribution >= 4 is 29.1 Å². The summed E-state index contributed by atoms with van der Waals surface area (Å²) >= 11 is 5.96. The van der Waals surface area contributed by atoms with Gasteiger partial charge >= 0.3 is 0 Å². The molecule has 0 spiro atoms. The van der Waals surface area contributed by atoms with E-state index in [0.29, 0.717) is 16.3 Å². The standard InChI is InChI=1S/C12H10ClNO2/c1-7-3-4-9(6-10(7)13)14-11(15)5-8(2)12(14)16/h3-6H,1-2H3. The van der Waals surface area contributed by atoms with Crippen molar-refractivity contribution in [1.82, 2.24) is 0 Å². The Morgan fingerprint density at radius 3 is 2.38 bits per heavy atom. The Bertz CT molecular complexity index is 520. The summed E-state index contributed by atoms with van der Waals surface area (Å²) < 4.78 is 0. The van der Waals surface area contributed by atoms with Gasteiger partial charge in [0, 0.05) is 16.7 Å². The molecule has 4 heteroatoms. The lowest BCUT2D eigenvalue weighted by Gasteiger charge is -2.15. The van der Waals surface area contributed by atoms with Crippen LogP contribution in [0.4, 0.5) is 5.69 Å². The van der Waals surface area contributed by atoms with E-state index in [1.165, 1.54) is 6.08 Å². The van der Waals surface area contributed by atoms with Crippen LogP contribution >= 0.6 is 11.6 Å². The number of carbonyl (C=O) groups is 2. The number of nitrogens with zero attached hydrogens (tertiary/aromatic N) is 1. The fourth-order valence-corrected chi connectivity index (χ4v) is 1.73. The van der Waals surface area contributed by atoms with Crippen LogP contribution in [0.1, 0.15) is 12.5 Å². The van der Waals surface area contributed by atoms with Crippen LogP contribution in [0.2, 0.25) is 5.02 Å². The van der Waals surface area contributed by atoms with E-state index in [9.17, 15) is 9.59 Å². The van der Waals surface area contributed by atoms with Crippen molar-refractivity contribution in [2.45, 2.75) is 13.8 Å². The summed E-state index contributed by atoms with van der Waals surface area (Å²) in [7, 11) is 0. The predicted octanol–water partition coefficient (Wildman–Crippen LogP) is 2.47. The van der Waals surface area contributed by atoms with E-state index in [-0.39, 0.29) is 11.8 Å². The number of hydrogen-bond donors (Lipinski definition) is 0. The fraction of sp³-hybridized carbons (Fsp3) is 0.167. The normalized spacial score (nSPS) is 15.7. The lowest BCUT2D eigenvalue weighted by atomic mass is 10.2. The topological polar surface area (TPSA) is 37.4 Å². The minimum Gasteiger partial charge on any atom is -0.269 e. The first-order valence-electron chi connectivity index (χ1n) is 4.83. The molecule has 2 amide bonds. The summed E-state index contributed by atoms with van der Waals surface area (Å²) in [5.41, 5.74) is 1.87. The Hall–Kier alpha value is -1.61. The van der Waals surface area contributed by atoms with Gasteiger partial charge in [-0.1, -0.05) is 17.7 Å². The maximum Gasteiger partial charge on any atom is 0.261 e. The number of aryl methyl sites for hydroxylation is 1. The molecule has 1 aliphatic heterocycles. The number of halogens is 1. The average Bonchev–Trinajstić information content (AvgIpc) is 2.47. The highest BCUT2D eigenvalue weighted by molar-refractivity contribution is 6.33. The van der Waals surface area contributed by atoms with Crippen LogP contribution in [0.5, 0.6) is 0 Å². The van der Waals surface area contributed by atoms with Crippen molar-refractivity contribution in [3.63, 3.8) is 0 Å². The molecule has 3 nitrogen and oxygen atoms in total. The molecule has 0 aromatic heterocycles. The summed E-state index contributed by atoms with van der Waals surface area (Å²) in [6, 6.07) is 5.12. The third-order valence-corrected chi connectivity index (χ3v) is 2.92. The molecule has 1 aromatic rings. The number of imide groups is 1. The van der Waals surface area contributed by atoms with E-state index in [2.05, 4.69) is 0 Å². The summed E-state index contributed by atoms with van der Waals surface area (Å²) in [6.07, 6.45) is 1.33. The van der Waals surface area contributed by atoms with Gasteiger partial charge in [-0.25, -0.2) is 4.90 Å². The maximum absolute atomic E-state index is 11.7. The molecule has 0 saturated carbocycles. The Morgan fingerprint density at radius 1 is 1.19 bits per heavy atom. The molecule has 2 rings (SSSR count). The first kappa shape index (κ1) is 10.9. The first-order chi connectivity index (χ1) is 7.50. The van der Waals surface area contributed by atoms with E-state index in [1.54, 1.807) is 25.1 Å². The molecular weight excluding hydrogens is 226 g/mol. The van der Waals surface area contributed by atoms with Crippen molar-refractivity contribution in [2.24, 2.45) is 0 Å². The molecule has 0 aliphatic carbocycles. The van der Waals surface area contributed by atoms with E-state index in [4.69, 9.17) is 11.6 Å². The van der Waals surface area contributed by atoms with E-state index in [0.717, 1.165) is 10.5 Å². The molecule has 1 heterocycles. The largest absolute Gasteiger partial charge is 0.269 e. The lowest BCUT2D eigenvalue weighted by Crippen LogP contribution is -2.30. The highest BCUT2D eigenvalue weighted by Crippen LogP contribution is 2.26.